The molecule has 0 atom stereocenters. The van der Waals surface area contributed by atoms with Gasteiger partial charge in [-0.15, -0.1) is 0 Å². The van der Waals surface area contributed by atoms with E-state index in [0.717, 1.165) is 43.9 Å². The zero-order chi connectivity index (χ0) is 11.7. The average Bonchev–Trinajstić information content (AvgIpc) is 2.74. The Hall–Kier alpha value is -1.52. The Kier molecular flexibility index (Phi) is 2.74. The highest BCUT2D eigenvalue weighted by Crippen LogP contribution is 2.21. The van der Waals surface area contributed by atoms with Crippen LogP contribution >= 0.6 is 0 Å². The Bertz CT molecular complexity index is 511. The summed E-state index contributed by atoms with van der Waals surface area (Å²) >= 11 is 0. The molecule has 1 saturated heterocycles. The second-order valence-electron chi connectivity index (χ2n) is 4.63. The smallest absolute Gasteiger partial charge is 0.0690 e. The number of rotatable bonds is 2. The Morgan fingerprint density at radius 1 is 1.24 bits per heavy atom. The maximum atomic E-state index is 5.95. The van der Waals surface area contributed by atoms with Crippen LogP contribution in [0, 0.1) is 0 Å². The van der Waals surface area contributed by atoms with E-state index in [-0.39, 0.29) is 0 Å². The number of hydrogen-bond acceptors (Lipinski definition) is 3. The molecule has 0 spiro atoms. The minimum absolute atomic E-state index is 0.828. The molecule has 0 bridgehead atoms. The Morgan fingerprint density at radius 2 is 2.06 bits per heavy atom. The fourth-order valence-corrected chi connectivity index (χ4v) is 2.43. The Balaban J connectivity index is 1.83. The maximum Gasteiger partial charge on any atom is 0.0690 e. The number of fused-ring (bicyclic) bond motifs is 1. The number of aromatic nitrogens is 1. The monoisotopic (exact) mass is 230 g/mol. The number of nitrogens with one attached hydrogen (secondary N) is 2. The molecule has 90 valence electrons. The topological polar surface area (TPSA) is 57.1 Å². The van der Waals surface area contributed by atoms with Crippen molar-refractivity contribution in [1.82, 2.24) is 15.2 Å². The summed E-state index contributed by atoms with van der Waals surface area (Å²) in [5.74, 6) is 0. The number of benzene rings is 1. The molecule has 0 unspecified atom stereocenters. The van der Waals surface area contributed by atoms with Crippen LogP contribution in [0.2, 0.25) is 0 Å². The first-order valence-corrected chi connectivity index (χ1v) is 6.12. The van der Waals surface area contributed by atoms with E-state index in [1.54, 1.807) is 0 Å². The van der Waals surface area contributed by atoms with Gasteiger partial charge < -0.3 is 16.0 Å². The van der Waals surface area contributed by atoms with Gasteiger partial charge in [-0.05, 0) is 12.1 Å². The van der Waals surface area contributed by atoms with Gasteiger partial charge in [0.15, 0.2) is 0 Å². The predicted octanol–water partition coefficient (Wildman–Crippen LogP) is 1.16. The average molecular weight is 230 g/mol. The number of nitrogens with zero attached hydrogens (tertiary/aromatic N) is 1. The Morgan fingerprint density at radius 3 is 2.82 bits per heavy atom. The van der Waals surface area contributed by atoms with Crippen LogP contribution in [-0.2, 0) is 6.54 Å². The van der Waals surface area contributed by atoms with Gasteiger partial charge in [0.1, 0.15) is 0 Å². The van der Waals surface area contributed by atoms with Crippen molar-refractivity contribution in [2.24, 2.45) is 0 Å². The lowest BCUT2D eigenvalue weighted by atomic mass is 10.2. The fraction of sp³-hybridized carbons (Fsp3) is 0.385. The van der Waals surface area contributed by atoms with Crippen LogP contribution in [0.5, 0.6) is 0 Å². The highest BCUT2D eigenvalue weighted by atomic mass is 15.2. The fourth-order valence-electron chi connectivity index (χ4n) is 2.43. The van der Waals surface area contributed by atoms with E-state index < -0.39 is 0 Å². The summed E-state index contributed by atoms with van der Waals surface area (Å²) in [7, 11) is 0. The van der Waals surface area contributed by atoms with Crippen LogP contribution in [0.4, 0.5) is 5.69 Å². The van der Waals surface area contributed by atoms with Gasteiger partial charge in [-0.3, -0.25) is 4.90 Å². The summed E-state index contributed by atoms with van der Waals surface area (Å²) in [6, 6.07) is 8.24. The van der Waals surface area contributed by atoms with Crippen molar-refractivity contribution >= 4 is 16.6 Å². The number of H-pyrrole nitrogens is 1. The van der Waals surface area contributed by atoms with Gasteiger partial charge in [-0.25, -0.2) is 0 Å². The lowest BCUT2D eigenvalue weighted by molar-refractivity contribution is 0.231. The zero-order valence-corrected chi connectivity index (χ0v) is 9.87. The first-order chi connectivity index (χ1) is 8.33. The number of nitrogen functional groups attached to an aromatic ring is 1. The highest BCUT2D eigenvalue weighted by molar-refractivity contribution is 5.90. The number of hydrogen-bond donors (Lipinski definition) is 3. The third-order valence-electron chi connectivity index (χ3n) is 3.35. The molecule has 0 radical (unpaired) electrons. The summed E-state index contributed by atoms with van der Waals surface area (Å²) in [6.07, 6.45) is 0. The van der Waals surface area contributed by atoms with Gasteiger partial charge in [-0.1, -0.05) is 12.1 Å². The summed E-state index contributed by atoms with van der Waals surface area (Å²) < 4.78 is 0. The molecule has 0 saturated carbocycles. The molecule has 1 aromatic heterocycles. The minimum atomic E-state index is 0.828. The maximum absolute atomic E-state index is 5.95. The van der Waals surface area contributed by atoms with Crippen molar-refractivity contribution < 1.29 is 0 Å². The molecule has 0 amide bonds. The van der Waals surface area contributed by atoms with Gasteiger partial charge in [0.2, 0.25) is 0 Å². The zero-order valence-electron chi connectivity index (χ0n) is 9.87. The first-order valence-electron chi connectivity index (χ1n) is 6.12. The molecule has 1 fully saturated rings. The third-order valence-corrected chi connectivity index (χ3v) is 3.35. The number of aromatic amines is 1. The molecule has 4 N–H and O–H groups in total. The molecule has 1 aliphatic heterocycles. The second-order valence-corrected chi connectivity index (χ2v) is 4.63. The lowest BCUT2D eigenvalue weighted by Gasteiger charge is -2.26. The molecule has 2 aromatic rings. The van der Waals surface area contributed by atoms with Crippen molar-refractivity contribution in [2.75, 3.05) is 31.9 Å². The SMILES string of the molecule is Nc1cccc2cc(CN3CCNCC3)[nH]c12. The van der Waals surface area contributed by atoms with Gasteiger partial charge in [0.25, 0.3) is 0 Å². The van der Waals surface area contributed by atoms with E-state index >= 15 is 0 Å². The first kappa shape index (κ1) is 10.6. The molecule has 2 heterocycles. The molecule has 4 nitrogen and oxygen atoms in total. The summed E-state index contributed by atoms with van der Waals surface area (Å²) in [6.45, 7) is 5.39. The van der Waals surface area contributed by atoms with Crippen LogP contribution in [-0.4, -0.2) is 36.1 Å². The molecule has 0 aliphatic carbocycles. The van der Waals surface area contributed by atoms with Gasteiger partial charge >= 0.3 is 0 Å². The van der Waals surface area contributed by atoms with Gasteiger partial charge in [0.05, 0.1) is 11.2 Å². The second kappa shape index (κ2) is 4.39. The van der Waals surface area contributed by atoms with Crippen molar-refractivity contribution in [1.29, 1.82) is 0 Å². The lowest BCUT2D eigenvalue weighted by Crippen LogP contribution is -2.42. The third kappa shape index (κ3) is 2.14. The van der Waals surface area contributed by atoms with Crippen LogP contribution < -0.4 is 11.1 Å². The predicted molar refractivity (Wildman–Crippen MR) is 70.9 cm³/mol. The van der Waals surface area contributed by atoms with Gasteiger partial charge in [-0.2, -0.15) is 0 Å². The van der Waals surface area contributed by atoms with E-state index in [1.165, 1.54) is 11.1 Å². The molecule has 1 aliphatic rings. The molecule has 4 heteroatoms. The summed E-state index contributed by atoms with van der Waals surface area (Å²) in [5, 5.41) is 4.57. The van der Waals surface area contributed by atoms with Gasteiger partial charge in [0, 0.05) is 43.8 Å². The molecule has 17 heavy (non-hydrogen) atoms. The van der Waals surface area contributed by atoms with Crippen molar-refractivity contribution in [3.63, 3.8) is 0 Å². The highest BCUT2D eigenvalue weighted by Gasteiger charge is 2.11. The molecular formula is C13H18N4. The van der Waals surface area contributed by atoms with Crippen molar-refractivity contribution in [3.05, 3.63) is 30.0 Å². The molecule has 1 aromatic carbocycles. The van der Waals surface area contributed by atoms with Crippen LogP contribution in [0.1, 0.15) is 5.69 Å². The standard InChI is InChI=1S/C13H18N4/c14-12-3-1-2-10-8-11(16-13(10)12)9-17-6-4-15-5-7-17/h1-3,8,15-16H,4-7,9,14H2. The van der Waals surface area contributed by atoms with Crippen molar-refractivity contribution in [3.8, 4) is 0 Å². The largest absolute Gasteiger partial charge is 0.397 e. The van der Waals surface area contributed by atoms with E-state index in [2.05, 4.69) is 27.3 Å². The van der Waals surface area contributed by atoms with E-state index in [4.69, 9.17) is 5.73 Å². The van der Waals surface area contributed by atoms with Crippen LogP contribution in [0.25, 0.3) is 10.9 Å². The number of anilines is 1. The normalized spacial score (nSPS) is 17.6. The van der Waals surface area contributed by atoms with Crippen LogP contribution in [0.3, 0.4) is 0 Å². The summed E-state index contributed by atoms with van der Waals surface area (Å²) in [5.41, 5.74) is 9.09. The van der Waals surface area contributed by atoms with Crippen LogP contribution in [0.15, 0.2) is 24.3 Å². The van der Waals surface area contributed by atoms with Crippen molar-refractivity contribution in [2.45, 2.75) is 6.54 Å². The number of para-hydroxylation sites is 1. The van der Waals surface area contributed by atoms with E-state index in [9.17, 15) is 0 Å². The minimum Gasteiger partial charge on any atom is -0.397 e. The van der Waals surface area contributed by atoms with E-state index in [0.29, 0.717) is 0 Å². The Labute approximate surface area is 101 Å². The van der Waals surface area contributed by atoms with E-state index in [1.807, 2.05) is 12.1 Å². The summed E-state index contributed by atoms with van der Waals surface area (Å²) in [4.78, 5) is 5.88. The quantitative estimate of drug-likeness (QED) is 0.678. The molecular weight excluding hydrogens is 212 g/mol. The molecule has 3 rings (SSSR count). The number of nitrogens with two attached hydrogens (primary N) is 1. The number of piperazine rings is 1.